The van der Waals surface area contributed by atoms with Gasteiger partial charge < -0.3 is 20.7 Å². The van der Waals surface area contributed by atoms with Crippen molar-refractivity contribution in [3.8, 4) is 11.3 Å². The van der Waals surface area contributed by atoms with Gasteiger partial charge >= 0.3 is 0 Å². The number of aromatic nitrogens is 4. The van der Waals surface area contributed by atoms with Crippen molar-refractivity contribution in [3.63, 3.8) is 0 Å². The number of pyridine rings is 2. The summed E-state index contributed by atoms with van der Waals surface area (Å²) in [6, 6.07) is 5.82. The number of nitrogens with two attached hydrogens (primary N) is 1. The summed E-state index contributed by atoms with van der Waals surface area (Å²) in [6.45, 7) is 3.74. The molecule has 9 nitrogen and oxygen atoms in total. The van der Waals surface area contributed by atoms with E-state index in [2.05, 4.69) is 30.2 Å². The maximum atomic E-state index is 13.1. The average molecular weight is 434 g/mol. The lowest BCUT2D eigenvalue weighted by atomic mass is 10.1. The summed E-state index contributed by atoms with van der Waals surface area (Å²) in [4.78, 5) is 32.8. The number of likely N-dealkylation sites (N-methyl/N-ethyl adjacent to an activating group) is 1. The Labute approximate surface area is 187 Å². The van der Waals surface area contributed by atoms with Gasteiger partial charge in [0.15, 0.2) is 11.6 Å². The standard InChI is InChI=1S/C23H27N7O2/c1-25-6-4-18-3-2-16(14-27-18)19-15-28-23(24)22(29-19)21(31)12-17-13-26-7-5-20(17)30-8-10-32-11-9-30/h2-3,5,7,13-15,25H,4,6,8-12H2,1H3,(H2,24,28). The maximum absolute atomic E-state index is 13.1. The molecule has 32 heavy (non-hydrogen) atoms. The Balaban J connectivity index is 1.55. The van der Waals surface area contributed by atoms with Crippen LogP contribution in [0.25, 0.3) is 11.3 Å². The lowest BCUT2D eigenvalue weighted by molar-refractivity contribution is 0.0988. The Morgan fingerprint density at radius 3 is 2.75 bits per heavy atom. The van der Waals surface area contributed by atoms with E-state index in [1.54, 1.807) is 24.8 Å². The summed E-state index contributed by atoms with van der Waals surface area (Å²) in [6.07, 6.45) is 7.76. The number of nitrogens with one attached hydrogen (secondary N) is 1. The van der Waals surface area contributed by atoms with Gasteiger partial charge in [-0.2, -0.15) is 0 Å². The number of morpholine rings is 1. The number of ketones is 1. The molecule has 0 atom stereocenters. The molecule has 3 N–H and O–H groups in total. The summed E-state index contributed by atoms with van der Waals surface area (Å²) >= 11 is 0. The van der Waals surface area contributed by atoms with Gasteiger partial charge in [-0.15, -0.1) is 0 Å². The molecule has 0 spiro atoms. The molecule has 1 fully saturated rings. The lowest BCUT2D eigenvalue weighted by Crippen LogP contribution is -2.37. The van der Waals surface area contributed by atoms with Gasteiger partial charge in [-0.3, -0.25) is 14.8 Å². The molecule has 1 aliphatic rings. The van der Waals surface area contributed by atoms with Crippen LogP contribution in [0.2, 0.25) is 0 Å². The molecule has 0 unspecified atom stereocenters. The fourth-order valence-corrected chi connectivity index (χ4v) is 3.65. The predicted molar refractivity (Wildman–Crippen MR) is 123 cm³/mol. The van der Waals surface area contributed by atoms with Crippen molar-refractivity contribution < 1.29 is 9.53 Å². The van der Waals surface area contributed by atoms with Crippen LogP contribution < -0.4 is 16.0 Å². The number of carbonyl (C=O) groups excluding carboxylic acids is 1. The summed E-state index contributed by atoms with van der Waals surface area (Å²) in [5, 5.41) is 3.11. The topological polar surface area (TPSA) is 119 Å². The van der Waals surface area contributed by atoms with Crippen LogP contribution in [0.5, 0.6) is 0 Å². The lowest BCUT2D eigenvalue weighted by Gasteiger charge is -2.30. The molecule has 4 heterocycles. The van der Waals surface area contributed by atoms with Crippen molar-refractivity contribution in [2.24, 2.45) is 0 Å². The first-order valence-electron chi connectivity index (χ1n) is 10.7. The van der Waals surface area contributed by atoms with Gasteiger partial charge in [0.05, 0.1) is 25.1 Å². The summed E-state index contributed by atoms with van der Waals surface area (Å²) in [5.41, 5.74) is 10.3. The van der Waals surface area contributed by atoms with Crippen LogP contribution in [-0.4, -0.2) is 65.6 Å². The fraction of sp³-hybridized carbons (Fsp3) is 0.348. The summed E-state index contributed by atoms with van der Waals surface area (Å²) < 4.78 is 5.44. The number of nitrogens with zero attached hydrogens (tertiary/aromatic N) is 5. The highest BCUT2D eigenvalue weighted by molar-refractivity contribution is 6.00. The van der Waals surface area contributed by atoms with Crippen LogP contribution in [0.3, 0.4) is 0 Å². The first-order chi connectivity index (χ1) is 15.7. The van der Waals surface area contributed by atoms with E-state index in [0.717, 1.165) is 48.6 Å². The van der Waals surface area contributed by atoms with E-state index >= 15 is 0 Å². The highest BCUT2D eigenvalue weighted by Crippen LogP contribution is 2.24. The maximum Gasteiger partial charge on any atom is 0.189 e. The summed E-state index contributed by atoms with van der Waals surface area (Å²) in [7, 11) is 1.91. The zero-order chi connectivity index (χ0) is 22.3. The van der Waals surface area contributed by atoms with Crippen LogP contribution in [0.1, 0.15) is 21.7 Å². The van der Waals surface area contributed by atoms with Gasteiger partial charge in [-0.05, 0) is 25.2 Å². The van der Waals surface area contributed by atoms with Crippen LogP contribution in [0.4, 0.5) is 11.5 Å². The second-order valence-corrected chi connectivity index (χ2v) is 7.58. The Hall–Kier alpha value is -3.43. The molecule has 0 radical (unpaired) electrons. The van der Waals surface area contributed by atoms with E-state index < -0.39 is 0 Å². The largest absolute Gasteiger partial charge is 0.382 e. The second kappa shape index (κ2) is 10.3. The first-order valence-corrected chi connectivity index (χ1v) is 10.7. The SMILES string of the molecule is CNCCc1ccc(-c2cnc(N)c(C(=O)Cc3cnccc3N3CCOCC3)n2)cn1. The van der Waals surface area contributed by atoms with E-state index in [0.29, 0.717) is 18.9 Å². The van der Waals surface area contributed by atoms with Crippen molar-refractivity contribution in [1.82, 2.24) is 25.3 Å². The Morgan fingerprint density at radius 2 is 2.00 bits per heavy atom. The van der Waals surface area contributed by atoms with Gasteiger partial charge in [0, 0.05) is 73.6 Å². The molecule has 0 bridgehead atoms. The minimum Gasteiger partial charge on any atom is -0.382 e. The molecule has 3 aromatic heterocycles. The van der Waals surface area contributed by atoms with Crippen LogP contribution in [0.15, 0.2) is 43.0 Å². The molecule has 1 saturated heterocycles. The highest BCUT2D eigenvalue weighted by Gasteiger charge is 2.20. The molecular formula is C23H27N7O2. The molecule has 3 aromatic rings. The predicted octanol–water partition coefficient (Wildman–Crippen LogP) is 1.54. The molecule has 0 saturated carbocycles. The quantitative estimate of drug-likeness (QED) is 0.510. The van der Waals surface area contributed by atoms with E-state index in [9.17, 15) is 4.79 Å². The fourth-order valence-electron chi connectivity index (χ4n) is 3.65. The van der Waals surface area contributed by atoms with Gasteiger partial charge in [0.1, 0.15) is 5.69 Å². The van der Waals surface area contributed by atoms with Crippen molar-refractivity contribution in [2.75, 3.05) is 50.5 Å². The van der Waals surface area contributed by atoms with E-state index in [1.807, 2.05) is 25.2 Å². The van der Waals surface area contributed by atoms with E-state index in [4.69, 9.17) is 10.5 Å². The molecule has 166 valence electrons. The molecule has 0 amide bonds. The van der Waals surface area contributed by atoms with E-state index in [-0.39, 0.29) is 23.7 Å². The average Bonchev–Trinajstić information content (AvgIpc) is 2.84. The smallest absolute Gasteiger partial charge is 0.189 e. The minimum absolute atomic E-state index is 0.120. The highest BCUT2D eigenvalue weighted by atomic mass is 16.5. The molecular weight excluding hydrogens is 406 g/mol. The number of anilines is 2. The normalized spacial score (nSPS) is 13.8. The van der Waals surface area contributed by atoms with Crippen LogP contribution in [0, 0.1) is 0 Å². The van der Waals surface area contributed by atoms with Gasteiger partial charge in [-0.25, -0.2) is 9.97 Å². The molecule has 0 aliphatic carbocycles. The molecule has 9 heteroatoms. The Morgan fingerprint density at radius 1 is 1.16 bits per heavy atom. The van der Waals surface area contributed by atoms with Gasteiger partial charge in [0.2, 0.25) is 0 Å². The molecule has 4 rings (SSSR count). The third kappa shape index (κ3) is 5.06. The number of rotatable bonds is 8. The third-order valence-electron chi connectivity index (χ3n) is 5.40. The van der Waals surface area contributed by atoms with E-state index in [1.165, 1.54) is 0 Å². The number of hydrogen-bond donors (Lipinski definition) is 2. The number of hydrogen-bond acceptors (Lipinski definition) is 9. The summed E-state index contributed by atoms with van der Waals surface area (Å²) in [5.74, 6) is -0.0767. The number of ether oxygens (including phenoxy) is 1. The first kappa shape index (κ1) is 21.8. The van der Waals surface area contributed by atoms with Crippen molar-refractivity contribution in [1.29, 1.82) is 0 Å². The van der Waals surface area contributed by atoms with Crippen molar-refractivity contribution >= 4 is 17.3 Å². The molecule has 1 aliphatic heterocycles. The van der Waals surface area contributed by atoms with Crippen molar-refractivity contribution in [2.45, 2.75) is 12.8 Å². The Kier molecular flexibility index (Phi) is 6.98. The van der Waals surface area contributed by atoms with Crippen LogP contribution in [-0.2, 0) is 17.6 Å². The second-order valence-electron chi connectivity index (χ2n) is 7.58. The zero-order valence-corrected chi connectivity index (χ0v) is 18.1. The number of Topliss-reactive ketones (excluding diaryl/α,β-unsaturated/α-hetero) is 1. The third-order valence-corrected chi connectivity index (χ3v) is 5.40. The monoisotopic (exact) mass is 433 g/mol. The Bertz CT molecular complexity index is 1070. The number of nitrogen functional groups attached to an aromatic ring is 1. The zero-order valence-electron chi connectivity index (χ0n) is 18.1. The van der Waals surface area contributed by atoms with Gasteiger partial charge in [0.25, 0.3) is 0 Å². The van der Waals surface area contributed by atoms with Crippen LogP contribution >= 0.6 is 0 Å². The minimum atomic E-state index is -0.196. The molecule has 0 aromatic carbocycles. The van der Waals surface area contributed by atoms with Gasteiger partial charge in [-0.1, -0.05) is 0 Å². The van der Waals surface area contributed by atoms with Crippen molar-refractivity contribution in [3.05, 3.63) is 59.9 Å². The number of carbonyl (C=O) groups is 1.